The first-order valence-electron chi connectivity index (χ1n) is 7.22. The van der Waals surface area contributed by atoms with Gasteiger partial charge in [-0.25, -0.2) is 14.2 Å². The van der Waals surface area contributed by atoms with E-state index in [-0.39, 0.29) is 22.2 Å². The summed E-state index contributed by atoms with van der Waals surface area (Å²) >= 11 is 5.97. The van der Waals surface area contributed by atoms with Gasteiger partial charge in [0.25, 0.3) is 0 Å². The summed E-state index contributed by atoms with van der Waals surface area (Å²) in [5.41, 5.74) is 0.555. The van der Waals surface area contributed by atoms with Crippen molar-refractivity contribution < 1.29 is 23.4 Å². The zero-order valence-electron chi connectivity index (χ0n) is 13.4. The second kappa shape index (κ2) is 6.94. The molecule has 0 N–H and O–H groups in total. The number of aliphatic imine (C=N–C) groups is 1. The number of rotatable bonds is 4. The Hall–Kier alpha value is -2.86. The summed E-state index contributed by atoms with van der Waals surface area (Å²) in [4.78, 5) is 16.2. The van der Waals surface area contributed by atoms with Gasteiger partial charge in [-0.15, -0.1) is 0 Å². The van der Waals surface area contributed by atoms with Gasteiger partial charge >= 0.3 is 5.97 Å². The monoisotopic (exact) mass is 361 g/mol. The molecule has 0 bridgehead atoms. The molecule has 1 aliphatic rings. The van der Waals surface area contributed by atoms with E-state index in [9.17, 15) is 9.18 Å². The number of hydrogen-bond donors (Lipinski definition) is 0. The highest BCUT2D eigenvalue weighted by Gasteiger charge is 2.25. The van der Waals surface area contributed by atoms with Crippen LogP contribution in [0.5, 0.6) is 11.5 Å². The molecule has 5 nitrogen and oxygen atoms in total. The summed E-state index contributed by atoms with van der Waals surface area (Å²) in [6.07, 6.45) is 1.26. The van der Waals surface area contributed by atoms with Crippen LogP contribution in [0.2, 0.25) is 5.02 Å². The maximum absolute atomic E-state index is 13.9. The van der Waals surface area contributed by atoms with Gasteiger partial charge in [0.15, 0.2) is 17.2 Å². The molecule has 7 heteroatoms. The van der Waals surface area contributed by atoms with Gasteiger partial charge in [0, 0.05) is 11.1 Å². The number of methoxy groups -OCH3 is 2. The molecule has 0 saturated heterocycles. The molecule has 1 aliphatic heterocycles. The molecule has 0 unspecified atom stereocenters. The van der Waals surface area contributed by atoms with Crippen molar-refractivity contribution >= 4 is 29.5 Å². The Kier molecular flexibility index (Phi) is 4.72. The van der Waals surface area contributed by atoms with Crippen LogP contribution >= 0.6 is 11.6 Å². The number of esters is 1. The Morgan fingerprint density at radius 2 is 1.92 bits per heavy atom. The highest BCUT2D eigenvalue weighted by molar-refractivity contribution is 6.32. The molecular weight excluding hydrogens is 349 g/mol. The molecule has 2 aromatic carbocycles. The standard InChI is InChI=1S/C18H13ClFNO4/c1-23-15-7-6-10(8-16(15)24-2)17-21-14(18(22)25-17)9-11-12(19)4-3-5-13(11)20/h3-9H,1-2H3/b14-9-. The number of benzene rings is 2. The van der Waals surface area contributed by atoms with Crippen molar-refractivity contribution in [1.82, 2.24) is 0 Å². The van der Waals surface area contributed by atoms with Gasteiger partial charge in [0.05, 0.1) is 19.2 Å². The summed E-state index contributed by atoms with van der Waals surface area (Å²) in [5.74, 6) is -0.158. The van der Waals surface area contributed by atoms with Crippen molar-refractivity contribution in [2.45, 2.75) is 0 Å². The van der Waals surface area contributed by atoms with E-state index < -0.39 is 11.8 Å². The molecule has 1 heterocycles. The highest BCUT2D eigenvalue weighted by Crippen LogP contribution is 2.30. The van der Waals surface area contributed by atoms with Gasteiger partial charge in [-0.05, 0) is 36.4 Å². The molecule has 0 aliphatic carbocycles. The van der Waals surface area contributed by atoms with Gasteiger partial charge in [0.1, 0.15) is 5.82 Å². The van der Waals surface area contributed by atoms with Crippen LogP contribution in [0.3, 0.4) is 0 Å². The minimum atomic E-state index is -0.691. The van der Waals surface area contributed by atoms with E-state index in [2.05, 4.69) is 4.99 Å². The maximum Gasteiger partial charge on any atom is 0.363 e. The molecule has 0 aromatic heterocycles. The molecule has 25 heavy (non-hydrogen) atoms. The van der Waals surface area contributed by atoms with Crippen molar-refractivity contribution in [1.29, 1.82) is 0 Å². The fourth-order valence-electron chi connectivity index (χ4n) is 2.29. The molecule has 0 amide bonds. The zero-order valence-corrected chi connectivity index (χ0v) is 14.1. The lowest BCUT2D eigenvalue weighted by Crippen LogP contribution is -2.06. The SMILES string of the molecule is COc1ccc(C2=N/C(=C\c3c(F)cccc3Cl)C(=O)O2)cc1OC. The first kappa shape index (κ1) is 17.0. The summed E-state index contributed by atoms with van der Waals surface area (Å²) in [5, 5.41) is 0.176. The fourth-order valence-corrected chi connectivity index (χ4v) is 2.50. The van der Waals surface area contributed by atoms with Crippen molar-refractivity contribution in [3.05, 3.63) is 64.1 Å². The second-order valence-electron chi connectivity index (χ2n) is 5.04. The third kappa shape index (κ3) is 3.34. The largest absolute Gasteiger partial charge is 0.493 e. The van der Waals surface area contributed by atoms with Crippen molar-refractivity contribution in [2.75, 3.05) is 14.2 Å². The quantitative estimate of drug-likeness (QED) is 0.613. The Bertz CT molecular complexity index is 888. The normalized spacial score (nSPS) is 15.1. The number of carbonyl (C=O) groups is 1. The van der Waals surface area contributed by atoms with E-state index in [1.165, 1.54) is 38.5 Å². The molecule has 0 saturated carbocycles. The van der Waals surface area contributed by atoms with E-state index in [1.54, 1.807) is 18.2 Å². The molecular formula is C18H13ClFNO4. The topological polar surface area (TPSA) is 57.1 Å². The van der Waals surface area contributed by atoms with Gasteiger partial charge in [-0.3, -0.25) is 0 Å². The van der Waals surface area contributed by atoms with E-state index in [1.807, 2.05) is 0 Å². The molecule has 0 radical (unpaired) electrons. The molecule has 128 valence electrons. The highest BCUT2D eigenvalue weighted by atomic mass is 35.5. The van der Waals surface area contributed by atoms with Gasteiger partial charge in [-0.2, -0.15) is 0 Å². The number of cyclic esters (lactones) is 1. The molecule has 0 fully saturated rings. The Balaban J connectivity index is 1.99. The Morgan fingerprint density at radius 1 is 1.16 bits per heavy atom. The van der Waals surface area contributed by atoms with Crippen molar-refractivity contribution in [3.8, 4) is 11.5 Å². The maximum atomic E-state index is 13.9. The molecule has 2 aromatic rings. The van der Waals surface area contributed by atoms with E-state index in [0.29, 0.717) is 17.1 Å². The molecule has 0 spiro atoms. The van der Waals surface area contributed by atoms with E-state index in [0.717, 1.165) is 0 Å². The first-order chi connectivity index (χ1) is 12.0. The lowest BCUT2D eigenvalue weighted by molar-refractivity contribution is -0.129. The van der Waals surface area contributed by atoms with Gasteiger partial charge in [0.2, 0.25) is 5.90 Å². The number of hydrogen-bond acceptors (Lipinski definition) is 5. The Morgan fingerprint density at radius 3 is 2.60 bits per heavy atom. The number of carbonyl (C=O) groups excluding carboxylic acids is 1. The molecule has 3 rings (SSSR count). The second-order valence-corrected chi connectivity index (χ2v) is 5.45. The Labute approximate surface area is 148 Å². The fraction of sp³-hybridized carbons (Fsp3) is 0.111. The van der Waals surface area contributed by atoms with Crippen LogP contribution in [0.4, 0.5) is 4.39 Å². The van der Waals surface area contributed by atoms with Crippen molar-refractivity contribution in [2.24, 2.45) is 4.99 Å². The van der Waals surface area contributed by atoms with E-state index >= 15 is 0 Å². The summed E-state index contributed by atoms with van der Waals surface area (Å²) < 4.78 is 29.4. The third-order valence-electron chi connectivity index (χ3n) is 3.53. The van der Waals surface area contributed by atoms with Crippen LogP contribution in [0.1, 0.15) is 11.1 Å². The summed E-state index contributed by atoms with van der Waals surface area (Å²) in [6.45, 7) is 0. The average molecular weight is 362 g/mol. The van der Waals surface area contributed by atoms with Crippen LogP contribution < -0.4 is 9.47 Å². The minimum absolute atomic E-state index is 0.0446. The van der Waals surface area contributed by atoms with Crippen molar-refractivity contribution in [3.63, 3.8) is 0 Å². The zero-order chi connectivity index (χ0) is 18.0. The average Bonchev–Trinajstić information content (AvgIpc) is 2.98. The van der Waals surface area contributed by atoms with Crippen LogP contribution in [0.15, 0.2) is 47.1 Å². The van der Waals surface area contributed by atoms with Crippen LogP contribution in [0.25, 0.3) is 6.08 Å². The van der Waals surface area contributed by atoms with Crippen LogP contribution in [0, 0.1) is 5.82 Å². The lowest BCUT2D eigenvalue weighted by Gasteiger charge is -2.08. The lowest BCUT2D eigenvalue weighted by atomic mass is 10.2. The molecule has 0 atom stereocenters. The minimum Gasteiger partial charge on any atom is -0.493 e. The first-order valence-corrected chi connectivity index (χ1v) is 7.60. The summed E-state index contributed by atoms with van der Waals surface area (Å²) in [6, 6.07) is 9.22. The third-order valence-corrected chi connectivity index (χ3v) is 3.86. The smallest absolute Gasteiger partial charge is 0.363 e. The van der Waals surface area contributed by atoms with Crippen LogP contribution in [-0.4, -0.2) is 26.1 Å². The number of nitrogens with zero attached hydrogens (tertiary/aromatic N) is 1. The number of ether oxygens (including phenoxy) is 3. The number of halogens is 2. The predicted molar refractivity (Wildman–Crippen MR) is 91.6 cm³/mol. The van der Waals surface area contributed by atoms with E-state index in [4.69, 9.17) is 25.8 Å². The van der Waals surface area contributed by atoms with Crippen LogP contribution in [-0.2, 0) is 9.53 Å². The summed E-state index contributed by atoms with van der Waals surface area (Å²) in [7, 11) is 3.01. The predicted octanol–water partition coefficient (Wildman–Crippen LogP) is 3.84. The van der Waals surface area contributed by atoms with Gasteiger partial charge in [-0.1, -0.05) is 17.7 Å². The van der Waals surface area contributed by atoms with Gasteiger partial charge < -0.3 is 14.2 Å².